The Balaban J connectivity index is 1.78. The van der Waals surface area contributed by atoms with E-state index in [4.69, 9.17) is 9.47 Å². The zero-order chi connectivity index (χ0) is 16.1. The minimum Gasteiger partial charge on any atom is -0.454 e. The van der Waals surface area contributed by atoms with E-state index in [1.54, 1.807) is 7.05 Å². The molecule has 0 saturated carbocycles. The highest BCUT2D eigenvalue weighted by atomic mass is 16.7. The molecule has 0 saturated heterocycles. The van der Waals surface area contributed by atoms with Gasteiger partial charge in [0.15, 0.2) is 17.1 Å². The molecule has 118 valence electrons. The molecule has 1 N–H and O–H groups in total. The molecular weight excluding hydrogens is 300 g/mol. The van der Waals surface area contributed by atoms with Crippen LogP contribution in [0.3, 0.4) is 0 Å². The summed E-state index contributed by atoms with van der Waals surface area (Å²) in [6.45, 7) is 0.224. The van der Waals surface area contributed by atoms with Gasteiger partial charge >= 0.3 is 5.69 Å². The molecule has 0 spiro atoms. The van der Waals surface area contributed by atoms with Crippen molar-refractivity contribution in [2.75, 3.05) is 6.79 Å². The maximum atomic E-state index is 12.2. The number of imidazole rings is 1. The number of nitrogens with one attached hydrogen (secondary N) is 1. The van der Waals surface area contributed by atoms with E-state index in [0.717, 1.165) is 15.9 Å². The fraction of sp³-hybridized carbons (Fsp3) is 0.267. The van der Waals surface area contributed by atoms with Crippen molar-refractivity contribution in [3.8, 4) is 11.5 Å². The van der Waals surface area contributed by atoms with Gasteiger partial charge in [-0.2, -0.15) is 0 Å². The number of benzene rings is 1. The molecule has 1 aromatic carbocycles. The summed E-state index contributed by atoms with van der Waals surface area (Å²) in [6.07, 6.45) is 0.489. The summed E-state index contributed by atoms with van der Waals surface area (Å²) in [5.41, 5.74) is 0.866. The van der Waals surface area contributed by atoms with Crippen LogP contribution in [0.2, 0.25) is 0 Å². The largest absolute Gasteiger partial charge is 0.454 e. The van der Waals surface area contributed by atoms with Crippen LogP contribution in [0.5, 0.6) is 11.5 Å². The van der Waals surface area contributed by atoms with Gasteiger partial charge in [0.1, 0.15) is 11.3 Å². The van der Waals surface area contributed by atoms with Gasteiger partial charge < -0.3 is 14.5 Å². The monoisotopic (exact) mass is 314 g/mol. The van der Waals surface area contributed by atoms with Crippen LogP contribution in [0.4, 0.5) is 0 Å². The van der Waals surface area contributed by atoms with E-state index >= 15 is 0 Å². The Kier molecular flexibility index (Phi) is 2.80. The van der Waals surface area contributed by atoms with Gasteiger partial charge in [-0.05, 0) is 17.7 Å². The summed E-state index contributed by atoms with van der Waals surface area (Å²) in [6, 6.07) is 5.64. The van der Waals surface area contributed by atoms with E-state index in [9.17, 15) is 9.59 Å². The van der Waals surface area contributed by atoms with Crippen molar-refractivity contribution in [2.45, 2.75) is 6.42 Å². The first-order valence-electron chi connectivity index (χ1n) is 7.08. The number of aryl methyl sites for hydroxylation is 1. The number of fused-ring (bicyclic) bond motifs is 2. The fourth-order valence-electron chi connectivity index (χ4n) is 2.70. The number of H-pyrrole nitrogens is 1. The van der Waals surface area contributed by atoms with Crippen molar-refractivity contribution in [1.82, 2.24) is 19.1 Å². The maximum Gasteiger partial charge on any atom is 0.332 e. The minimum atomic E-state index is -0.399. The van der Waals surface area contributed by atoms with Crippen molar-refractivity contribution < 1.29 is 9.47 Å². The smallest absolute Gasteiger partial charge is 0.332 e. The summed E-state index contributed by atoms with van der Waals surface area (Å²) in [4.78, 5) is 31.5. The van der Waals surface area contributed by atoms with Gasteiger partial charge in [0.2, 0.25) is 6.79 Å². The van der Waals surface area contributed by atoms with E-state index < -0.39 is 5.69 Å². The third-order valence-corrected chi connectivity index (χ3v) is 3.95. The number of aromatic nitrogens is 4. The molecule has 1 aliphatic rings. The molecule has 4 rings (SSSR count). The van der Waals surface area contributed by atoms with Crippen LogP contribution in [-0.4, -0.2) is 25.9 Å². The number of nitrogens with zero attached hydrogens (tertiary/aromatic N) is 3. The quantitative estimate of drug-likeness (QED) is 0.733. The number of hydrogen-bond donors (Lipinski definition) is 1. The van der Waals surface area contributed by atoms with E-state index in [0.29, 0.717) is 29.2 Å². The van der Waals surface area contributed by atoms with E-state index in [1.807, 2.05) is 18.2 Å². The number of hydrogen-bond acceptors (Lipinski definition) is 5. The van der Waals surface area contributed by atoms with Gasteiger partial charge in [0.25, 0.3) is 5.56 Å². The first kappa shape index (κ1) is 13.6. The predicted octanol–water partition coefficient (Wildman–Crippen LogP) is 0.280. The molecule has 8 nitrogen and oxygen atoms in total. The molecule has 0 amide bonds. The molecule has 23 heavy (non-hydrogen) atoms. The Morgan fingerprint density at radius 3 is 2.78 bits per heavy atom. The van der Waals surface area contributed by atoms with Crippen molar-refractivity contribution in [2.24, 2.45) is 14.1 Å². The van der Waals surface area contributed by atoms with Crippen LogP contribution in [0.15, 0.2) is 27.8 Å². The molecule has 0 fully saturated rings. The lowest BCUT2D eigenvalue weighted by Crippen LogP contribution is -2.36. The van der Waals surface area contributed by atoms with E-state index in [2.05, 4.69) is 9.97 Å². The third kappa shape index (κ3) is 2.02. The topological polar surface area (TPSA) is 91.1 Å². The van der Waals surface area contributed by atoms with Gasteiger partial charge in [0, 0.05) is 20.5 Å². The van der Waals surface area contributed by atoms with E-state index in [-0.39, 0.29) is 12.4 Å². The van der Waals surface area contributed by atoms with Gasteiger partial charge in [-0.1, -0.05) is 6.07 Å². The lowest BCUT2D eigenvalue weighted by molar-refractivity contribution is 0.174. The second-order valence-corrected chi connectivity index (χ2v) is 5.45. The first-order chi connectivity index (χ1) is 11.0. The molecule has 3 heterocycles. The molecule has 0 atom stereocenters. The van der Waals surface area contributed by atoms with Gasteiger partial charge in [-0.15, -0.1) is 0 Å². The van der Waals surface area contributed by atoms with Crippen LogP contribution in [0.25, 0.3) is 11.2 Å². The van der Waals surface area contributed by atoms with Gasteiger partial charge in [-0.25, -0.2) is 9.78 Å². The summed E-state index contributed by atoms with van der Waals surface area (Å²) in [7, 11) is 3.04. The summed E-state index contributed by atoms with van der Waals surface area (Å²) < 4.78 is 13.1. The summed E-state index contributed by atoms with van der Waals surface area (Å²) in [5.74, 6) is 2.02. The molecular formula is C15H14N4O4. The van der Waals surface area contributed by atoms with E-state index in [1.165, 1.54) is 11.6 Å². The van der Waals surface area contributed by atoms with Crippen molar-refractivity contribution in [1.29, 1.82) is 0 Å². The Hall–Kier alpha value is -3.03. The average Bonchev–Trinajstić information content (AvgIpc) is 3.17. The molecule has 1 aliphatic heterocycles. The Morgan fingerprint density at radius 1 is 1.17 bits per heavy atom. The summed E-state index contributed by atoms with van der Waals surface area (Å²) >= 11 is 0. The number of ether oxygens (including phenoxy) is 2. The Morgan fingerprint density at radius 2 is 1.96 bits per heavy atom. The molecule has 3 aromatic rings. The second kappa shape index (κ2) is 4.73. The number of rotatable bonds is 2. The Bertz CT molecular complexity index is 1040. The normalized spacial score (nSPS) is 13.0. The molecule has 0 unspecified atom stereocenters. The molecule has 0 aliphatic carbocycles. The van der Waals surface area contributed by atoms with Gasteiger partial charge in [-0.3, -0.25) is 13.9 Å². The minimum absolute atomic E-state index is 0.224. The highest BCUT2D eigenvalue weighted by Gasteiger charge is 2.16. The SMILES string of the molecule is Cn1c(=O)c2[nH]c(Cc3ccc4c(c3)OCO4)nc2n(C)c1=O. The second-order valence-electron chi connectivity index (χ2n) is 5.45. The highest BCUT2D eigenvalue weighted by Crippen LogP contribution is 2.32. The highest BCUT2D eigenvalue weighted by molar-refractivity contribution is 5.69. The van der Waals surface area contributed by atoms with Crippen molar-refractivity contribution in [3.63, 3.8) is 0 Å². The van der Waals surface area contributed by atoms with Crippen LogP contribution >= 0.6 is 0 Å². The lowest BCUT2D eigenvalue weighted by atomic mass is 10.1. The maximum absolute atomic E-state index is 12.2. The van der Waals surface area contributed by atoms with Gasteiger partial charge in [0.05, 0.1) is 0 Å². The summed E-state index contributed by atoms with van der Waals surface area (Å²) in [5, 5.41) is 0. The third-order valence-electron chi connectivity index (χ3n) is 3.95. The first-order valence-corrected chi connectivity index (χ1v) is 7.08. The standard InChI is InChI=1S/C15H14N4O4/c1-18-13-12(14(20)19(2)15(18)21)16-11(17-13)6-8-3-4-9-10(5-8)23-7-22-9/h3-5H,6-7H2,1-2H3,(H,16,17). The molecule has 2 aromatic heterocycles. The van der Waals surface area contributed by atoms with Crippen molar-refractivity contribution >= 4 is 11.2 Å². The Labute approximate surface area is 129 Å². The van der Waals surface area contributed by atoms with Crippen LogP contribution < -0.4 is 20.7 Å². The fourth-order valence-corrected chi connectivity index (χ4v) is 2.70. The number of aromatic amines is 1. The average molecular weight is 314 g/mol. The predicted molar refractivity (Wildman–Crippen MR) is 81.9 cm³/mol. The molecule has 8 heteroatoms. The zero-order valence-corrected chi connectivity index (χ0v) is 12.6. The van der Waals surface area contributed by atoms with Crippen molar-refractivity contribution in [3.05, 3.63) is 50.4 Å². The lowest BCUT2D eigenvalue weighted by Gasteiger charge is -2.01. The van der Waals surface area contributed by atoms with Crippen LogP contribution in [-0.2, 0) is 20.5 Å². The van der Waals surface area contributed by atoms with Crippen LogP contribution in [0, 0.1) is 0 Å². The van der Waals surface area contributed by atoms with Crippen LogP contribution in [0.1, 0.15) is 11.4 Å². The molecule has 0 bridgehead atoms. The molecule has 0 radical (unpaired) electrons. The zero-order valence-electron chi connectivity index (χ0n) is 12.6.